The number of nitrogens with zero attached hydrogens (tertiary/aromatic N) is 3. The van der Waals surface area contributed by atoms with Gasteiger partial charge >= 0.3 is 0 Å². The van der Waals surface area contributed by atoms with Crippen molar-refractivity contribution < 1.29 is 9.67 Å². The Bertz CT molecular complexity index is 495. The van der Waals surface area contributed by atoms with E-state index in [9.17, 15) is 5.11 Å². The Hall–Kier alpha value is -2.10. The van der Waals surface area contributed by atoms with E-state index in [0.717, 1.165) is 0 Å². The van der Waals surface area contributed by atoms with Crippen LogP contribution in [0.1, 0.15) is 5.82 Å². The van der Waals surface area contributed by atoms with Gasteiger partial charge in [-0.1, -0.05) is 18.2 Å². The summed E-state index contributed by atoms with van der Waals surface area (Å²) in [6, 6.07) is 9.22. The molecule has 4 heteroatoms. The molecule has 0 N–H and O–H groups in total. The van der Waals surface area contributed by atoms with Gasteiger partial charge in [-0.15, -0.1) is 0 Å². The Balaban J connectivity index is 2.40. The largest absolute Gasteiger partial charge is 0.853 e. The van der Waals surface area contributed by atoms with E-state index >= 15 is 0 Å². The third kappa shape index (κ3) is 1.95. The summed E-state index contributed by atoms with van der Waals surface area (Å²) in [6.07, 6.45) is 3.65. The van der Waals surface area contributed by atoms with Crippen LogP contribution in [0.3, 0.4) is 0 Å². The highest BCUT2D eigenvalue weighted by Crippen LogP contribution is 2.10. The van der Waals surface area contributed by atoms with E-state index in [4.69, 9.17) is 0 Å². The second-order valence-electron chi connectivity index (χ2n) is 3.60. The summed E-state index contributed by atoms with van der Waals surface area (Å²) in [6.45, 7) is 0. The summed E-state index contributed by atoms with van der Waals surface area (Å²) < 4.78 is 3.52. The van der Waals surface area contributed by atoms with Crippen molar-refractivity contribution >= 4 is 11.6 Å². The lowest BCUT2D eigenvalue weighted by molar-refractivity contribution is -0.674. The fourth-order valence-corrected chi connectivity index (χ4v) is 1.56. The first-order valence-electron chi connectivity index (χ1n) is 5.00. The van der Waals surface area contributed by atoms with E-state index < -0.39 is 0 Å². The van der Waals surface area contributed by atoms with Crippen LogP contribution in [0.4, 0.5) is 5.69 Å². The van der Waals surface area contributed by atoms with Gasteiger partial charge < -0.3 is 5.11 Å². The van der Waals surface area contributed by atoms with Gasteiger partial charge in [0.2, 0.25) is 0 Å². The molecule has 0 fully saturated rings. The van der Waals surface area contributed by atoms with Crippen LogP contribution in [-0.2, 0) is 14.1 Å². The summed E-state index contributed by atoms with van der Waals surface area (Å²) in [4.78, 5) is 4.04. The fourth-order valence-electron chi connectivity index (χ4n) is 1.56. The molecule has 0 bridgehead atoms. The predicted octanol–water partition coefficient (Wildman–Crippen LogP) is 0.288. The van der Waals surface area contributed by atoms with Gasteiger partial charge in [-0.3, -0.25) is 4.99 Å². The zero-order valence-corrected chi connectivity index (χ0v) is 9.29. The van der Waals surface area contributed by atoms with Crippen molar-refractivity contribution in [1.82, 2.24) is 4.57 Å². The molecule has 0 amide bonds. The maximum Gasteiger partial charge on any atom is 0.292 e. The van der Waals surface area contributed by atoms with Gasteiger partial charge in [-0.25, -0.2) is 9.13 Å². The lowest BCUT2D eigenvalue weighted by atomic mass is 10.3. The van der Waals surface area contributed by atoms with Crippen molar-refractivity contribution in [3.63, 3.8) is 0 Å². The Morgan fingerprint density at radius 1 is 1.31 bits per heavy atom. The number of para-hydroxylation sites is 1. The van der Waals surface area contributed by atoms with E-state index in [0.29, 0.717) is 11.5 Å². The molecular weight excluding hydrogens is 202 g/mol. The van der Waals surface area contributed by atoms with Crippen LogP contribution < -0.4 is 9.67 Å². The third-order valence-electron chi connectivity index (χ3n) is 2.36. The first kappa shape index (κ1) is 10.4. The summed E-state index contributed by atoms with van der Waals surface area (Å²) in [5.74, 6) is 0.324. The molecule has 0 saturated carbocycles. The molecule has 2 rings (SSSR count). The molecule has 2 aromatic rings. The smallest absolute Gasteiger partial charge is 0.292 e. The van der Waals surface area contributed by atoms with Crippen LogP contribution in [0.2, 0.25) is 0 Å². The van der Waals surface area contributed by atoms with E-state index in [2.05, 4.69) is 4.99 Å². The van der Waals surface area contributed by atoms with Crippen LogP contribution in [0.15, 0.2) is 47.7 Å². The number of hydrogen-bond acceptors (Lipinski definition) is 2. The van der Waals surface area contributed by atoms with Crippen molar-refractivity contribution in [3.05, 3.63) is 48.5 Å². The molecule has 4 nitrogen and oxygen atoms in total. The molecule has 0 spiro atoms. The number of aromatic nitrogens is 2. The number of aliphatic imine (C=N–C) groups is 1. The number of imidazole rings is 1. The summed E-state index contributed by atoms with van der Waals surface area (Å²) in [7, 11) is 3.65. The lowest BCUT2D eigenvalue weighted by Gasteiger charge is -2.07. The molecule has 0 aliphatic carbocycles. The highest BCUT2D eigenvalue weighted by Gasteiger charge is 2.10. The van der Waals surface area contributed by atoms with Crippen LogP contribution >= 0.6 is 0 Å². The van der Waals surface area contributed by atoms with Crippen LogP contribution in [0.25, 0.3) is 0 Å². The van der Waals surface area contributed by atoms with Gasteiger partial charge in [0, 0.05) is 0 Å². The van der Waals surface area contributed by atoms with Gasteiger partial charge in [-0.2, -0.15) is 0 Å². The Labute approximate surface area is 94.1 Å². The molecule has 0 saturated heterocycles. The topological polar surface area (TPSA) is 44.2 Å². The molecular formula is C12H13N3O. The summed E-state index contributed by atoms with van der Waals surface area (Å²) in [5, 5.41) is 11.9. The van der Waals surface area contributed by atoms with Gasteiger partial charge in [0.05, 0.1) is 25.7 Å². The number of rotatable bonds is 2. The van der Waals surface area contributed by atoms with E-state index in [1.807, 2.05) is 44.7 Å². The number of benzene rings is 1. The van der Waals surface area contributed by atoms with Crippen LogP contribution in [-0.4, -0.2) is 10.5 Å². The van der Waals surface area contributed by atoms with Gasteiger partial charge in [-0.05, 0) is 12.1 Å². The van der Waals surface area contributed by atoms with Crippen LogP contribution in [0, 0.1) is 0 Å². The van der Waals surface area contributed by atoms with Crippen molar-refractivity contribution in [1.29, 1.82) is 0 Å². The first-order valence-corrected chi connectivity index (χ1v) is 5.00. The van der Waals surface area contributed by atoms with E-state index in [1.165, 1.54) is 0 Å². The minimum absolute atomic E-state index is 0.235. The first-order chi connectivity index (χ1) is 7.68. The lowest BCUT2D eigenvalue weighted by Crippen LogP contribution is -2.39. The molecule has 82 valence electrons. The fraction of sp³-hybridized carbons (Fsp3) is 0.167. The molecule has 0 radical (unpaired) electrons. The Morgan fingerprint density at radius 2 is 2.00 bits per heavy atom. The molecule has 0 aliphatic heterocycles. The van der Waals surface area contributed by atoms with E-state index in [-0.39, 0.29) is 5.90 Å². The Morgan fingerprint density at radius 3 is 2.56 bits per heavy atom. The monoisotopic (exact) mass is 215 g/mol. The standard InChI is InChI=1S/C12H13N3O/c1-14-8-9-15(2)12(14)11(16)13-10-6-4-3-5-7-10/h3-9H,1-2H3. The van der Waals surface area contributed by atoms with Crippen molar-refractivity contribution in [2.24, 2.45) is 19.1 Å². The van der Waals surface area contributed by atoms with Gasteiger partial charge in [0.15, 0.2) is 0 Å². The molecule has 0 unspecified atom stereocenters. The van der Waals surface area contributed by atoms with Gasteiger partial charge in [0.25, 0.3) is 5.82 Å². The maximum atomic E-state index is 11.9. The highest BCUT2D eigenvalue weighted by molar-refractivity contribution is 5.87. The normalized spacial score (nSPS) is 11.8. The average Bonchev–Trinajstić information content (AvgIpc) is 2.60. The number of hydrogen-bond donors (Lipinski definition) is 0. The minimum Gasteiger partial charge on any atom is -0.853 e. The second kappa shape index (κ2) is 4.18. The Kier molecular flexibility index (Phi) is 2.72. The molecule has 1 heterocycles. The SMILES string of the molecule is Cn1cc[n+](C)c1/C([O-])=N/c1ccccc1. The van der Waals surface area contributed by atoms with Gasteiger partial charge in [0.1, 0.15) is 12.4 Å². The maximum absolute atomic E-state index is 11.9. The van der Waals surface area contributed by atoms with E-state index in [1.54, 1.807) is 21.3 Å². The third-order valence-corrected chi connectivity index (χ3v) is 2.36. The predicted molar refractivity (Wildman–Crippen MR) is 59.2 cm³/mol. The number of aryl methyl sites for hydroxylation is 2. The summed E-state index contributed by atoms with van der Waals surface area (Å²) in [5.41, 5.74) is 0.675. The zero-order valence-electron chi connectivity index (χ0n) is 9.29. The van der Waals surface area contributed by atoms with Crippen molar-refractivity contribution in [2.45, 2.75) is 0 Å². The second-order valence-corrected chi connectivity index (χ2v) is 3.60. The molecule has 16 heavy (non-hydrogen) atoms. The van der Waals surface area contributed by atoms with Crippen molar-refractivity contribution in [2.75, 3.05) is 0 Å². The average molecular weight is 215 g/mol. The minimum atomic E-state index is -0.235. The molecule has 0 atom stereocenters. The summed E-state index contributed by atoms with van der Waals surface area (Å²) >= 11 is 0. The van der Waals surface area contributed by atoms with Crippen LogP contribution in [0.5, 0.6) is 0 Å². The molecule has 1 aromatic carbocycles. The quantitative estimate of drug-likeness (QED) is 0.403. The zero-order chi connectivity index (χ0) is 11.5. The highest BCUT2D eigenvalue weighted by atomic mass is 16.3. The molecule has 1 aromatic heterocycles. The molecule has 0 aliphatic rings. The van der Waals surface area contributed by atoms with Crippen molar-refractivity contribution in [3.8, 4) is 0 Å².